The molecule has 8 heteroatoms. The molecule has 0 amide bonds. The molecule has 0 radical (unpaired) electrons. The van der Waals surface area contributed by atoms with E-state index in [-0.39, 0.29) is 6.10 Å². The van der Waals surface area contributed by atoms with Gasteiger partial charge in [0.2, 0.25) is 0 Å². The van der Waals surface area contributed by atoms with Crippen LogP contribution in [0.15, 0.2) is 65.7 Å². The first-order chi connectivity index (χ1) is 18.0. The zero-order chi connectivity index (χ0) is 25.8. The second-order valence-corrected chi connectivity index (χ2v) is 11.3. The molecule has 0 aliphatic carbocycles. The second kappa shape index (κ2) is 11.4. The van der Waals surface area contributed by atoms with Crippen molar-refractivity contribution in [2.24, 2.45) is 0 Å². The molecule has 2 aromatic carbocycles. The molecule has 3 heterocycles. The maximum Gasteiger partial charge on any atom is 0.146 e. The summed E-state index contributed by atoms with van der Waals surface area (Å²) in [6, 6.07) is 18.4. The van der Waals surface area contributed by atoms with Gasteiger partial charge in [0.1, 0.15) is 29.1 Å². The minimum atomic E-state index is 0.238. The van der Waals surface area contributed by atoms with Gasteiger partial charge in [-0.05, 0) is 50.2 Å². The van der Waals surface area contributed by atoms with Crippen LogP contribution in [0.4, 0.5) is 22.9 Å². The van der Waals surface area contributed by atoms with Crippen molar-refractivity contribution in [1.82, 2.24) is 14.9 Å². The number of thioether (sulfide) groups is 1. The first kappa shape index (κ1) is 25.3. The fourth-order valence-corrected chi connectivity index (χ4v) is 5.47. The van der Waals surface area contributed by atoms with Gasteiger partial charge in [-0.2, -0.15) is 0 Å². The van der Waals surface area contributed by atoms with Gasteiger partial charge in [-0.1, -0.05) is 26.0 Å². The molecule has 37 heavy (non-hydrogen) atoms. The van der Waals surface area contributed by atoms with Crippen LogP contribution < -0.4 is 20.1 Å². The maximum atomic E-state index is 6.26. The van der Waals surface area contributed by atoms with Crippen molar-refractivity contribution in [2.45, 2.75) is 42.9 Å². The SMILES string of the molecule is COc1cc(OC2CCN(C)CC2)ccc1Nc1cc(Nc2ccccc2SC(C)C)c2cc[nH]c2n1. The van der Waals surface area contributed by atoms with E-state index in [1.54, 1.807) is 7.11 Å². The number of para-hydroxylation sites is 1. The summed E-state index contributed by atoms with van der Waals surface area (Å²) in [5.41, 5.74) is 3.70. The molecular weight excluding hydrogens is 482 g/mol. The summed E-state index contributed by atoms with van der Waals surface area (Å²) < 4.78 is 12.0. The Morgan fingerprint density at radius 2 is 1.81 bits per heavy atom. The Hall–Kier alpha value is -3.36. The van der Waals surface area contributed by atoms with Crippen molar-refractivity contribution in [3.63, 3.8) is 0 Å². The highest BCUT2D eigenvalue weighted by Crippen LogP contribution is 2.37. The average molecular weight is 518 g/mol. The third-order valence-electron chi connectivity index (χ3n) is 6.45. The number of aromatic amines is 1. The number of methoxy groups -OCH3 is 1. The molecule has 1 saturated heterocycles. The molecule has 3 N–H and O–H groups in total. The van der Waals surface area contributed by atoms with Crippen LogP contribution in [0.25, 0.3) is 11.0 Å². The van der Waals surface area contributed by atoms with Crippen LogP contribution in [0, 0.1) is 0 Å². The molecule has 5 rings (SSSR count). The lowest BCUT2D eigenvalue weighted by molar-refractivity contribution is 0.114. The van der Waals surface area contributed by atoms with E-state index in [4.69, 9.17) is 14.5 Å². The number of fused-ring (bicyclic) bond motifs is 1. The van der Waals surface area contributed by atoms with E-state index in [0.29, 0.717) is 16.8 Å². The Morgan fingerprint density at radius 1 is 1.00 bits per heavy atom. The quantitative estimate of drug-likeness (QED) is 0.206. The fourth-order valence-electron chi connectivity index (χ4n) is 4.56. The number of piperidine rings is 1. The van der Waals surface area contributed by atoms with Crippen LogP contribution in [0.2, 0.25) is 0 Å². The summed E-state index contributed by atoms with van der Waals surface area (Å²) in [4.78, 5) is 11.6. The maximum absolute atomic E-state index is 6.26. The molecule has 0 bridgehead atoms. The largest absolute Gasteiger partial charge is 0.494 e. The number of nitrogens with one attached hydrogen (secondary N) is 3. The number of hydrogen-bond acceptors (Lipinski definition) is 7. The molecule has 194 valence electrons. The van der Waals surface area contributed by atoms with Crippen LogP contribution in [0.1, 0.15) is 26.7 Å². The van der Waals surface area contributed by atoms with Crippen molar-refractivity contribution < 1.29 is 9.47 Å². The summed E-state index contributed by atoms with van der Waals surface area (Å²) in [7, 11) is 3.83. The van der Waals surface area contributed by atoms with Gasteiger partial charge in [-0.3, -0.25) is 0 Å². The first-order valence-corrected chi connectivity index (χ1v) is 13.7. The van der Waals surface area contributed by atoms with Gasteiger partial charge in [-0.15, -0.1) is 11.8 Å². The molecule has 0 saturated carbocycles. The zero-order valence-corrected chi connectivity index (χ0v) is 22.7. The van der Waals surface area contributed by atoms with Crippen molar-refractivity contribution in [3.05, 3.63) is 60.8 Å². The van der Waals surface area contributed by atoms with Gasteiger partial charge in [0.25, 0.3) is 0 Å². The van der Waals surface area contributed by atoms with Gasteiger partial charge in [0.05, 0.1) is 24.2 Å². The number of aromatic nitrogens is 2. The molecular formula is C29H35N5O2S. The normalized spacial score (nSPS) is 14.7. The highest BCUT2D eigenvalue weighted by atomic mass is 32.2. The smallest absolute Gasteiger partial charge is 0.146 e. The topological polar surface area (TPSA) is 74.4 Å². The lowest BCUT2D eigenvalue weighted by Gasteiger charge is -2.29. The predicted octanol–water partition coefficient (Wildman–Crippen LogP) is 7.03. The van der Waals surface area contributed by atoms with E-state index in [9.17, 15) is 0 Å². The number of anilines is 4. The van der Waals surface area contributed by atoms with Gasteiger partial charge >= 0.3 is 0 Å². The monoisotopic (exact) mass is 517 g/mol. The van der Waals surface area contributed by atoms with Gasteiger partial charge in [0, 0.05) is 47.0 Å². The number of ether oxygens (including phenoxy) is 2. The Labute approximate surface area is 223 Å². The number of likely N-dealkylation sites (tertiary alicyclic amines) is 1. The van der Waals surface area contributed by atoms with Gasteiger partial charge < -0.3 is 30.0 Å². The summed E-state index contributed by atoms with van der Waals surface area (Å²) >= 11 is 1.84. The van der Waals surface area contributed by atoms with E-state index in [0.717, 1.165) is 59.8 Å². The molecule has 4 aromatic rings. The minimum absolute atomic E-state index is 0.238. The molecule has 0 atom stereocenters. The number of rotatable bonds is 9. The number of H-pyrrole nitrogens is 1. The standard InChI is InChI=1S/C29H35N5O2S/c1-19(2)37-27-8-6-5-7-24(27)31-25-18-28(33-29-22(25)11-14-30-29)32-23-10-9-21(17-26(23)35-4)36-20-12-15-34(3)16-13-20/h5-11,14,17-20H,12-13,15-16H2,1-4H3,(H3,30,31,32,33). The van der Waals surface area contributed by atoms with E-state index in [1.807, 2.05) is 48.3 Å². The Bertz CT molecular complexity index is 1350. The van der Waals surface area contributed by atoms with E-state index < -0.39 is 0 Å². The molecule has 7 nitrogen and oxygen atoms in total. The van der Waals surface area contributed by atoms with Gasteiger partial charge in [-0.25, -0.2) is 4.98 Å². The third-order valence-corrected chi connectivity index (χ3v) is 7.53. The lowest BCUT2D eigenvalue weighted by Crippen LogP contribution is -2.35. The van der Waals surface area contributed by atoms with Crippen molar-refractivity contribution >= 4 is 45.7 Å². The molecule has 0 unspecified atom stereocenters. The predicted molar refractivity (Wildman–Crippen MR) is 154 cm³/mol. The van der Waals surface area contributed by atoms with E-state index in [1.165, 1.54) is 4.90 Å². The van der Waals surface area contributed by atoms with Crippen molar-refractivity contribution in [2.75, 3.05) is 37.9 Å². The highest BCUT2D eigenvalue weighted by Gasteiger charge is 2.19. The van der Waals surface area contributed by atoms with Gasteiger partial charge in [0.15, 0.2) is 0 Å². The molecule has 1 fully saturated rings. The summed E-state index contributed by atoms with van der Waals surface area (Å²) in [6.07, 6.45) is 4.22. The van der Waals surface area contributed by atoms with E-state index in [2.05, 4.69) is 65.7 Å². The van der Waals surface area contributed by atoms with Crippen molar-refractivity contribution in [1.29, 1.82) is 0 Å². The van der Waals surface area contributed by atoms with E-state index >= 15 is 0 Å². The summed E-state index contributed by atoms with van der Waals surface area (Å²) in [5, 5.41) is 8.62. The zero-order valence-electron chi connectivity index (χ0n) is 21.9. The lowest BCUT2D eigenvalue weighted by atomic mass is 10.1. The number of hydrogen-bond donors (Lipinski definition) is 3. The average Bonchev–Trinajstić information content (AvgIpc) is 3.36. The van der Waals surface area contributed by atoms with Crippen LogP contribution >= 0.6 is 11.8 Å². The Balaban J connectivity index is 1.39. The fraction of sp³-hybridized carbons (Fsp3) is 0.345. The Morgan fingerprint density at radius 3 is 2.59 bits per heavy atom. The first-order valence-electron chi connectivity index (χ1n) is 12.8. The van der Waals surface area contributed by atoms with Crippen LogP contribution in [-0.4, -0.2) is 53.5 Å². The molecule has 2 aromatic heterocycles. The number of pyridine rings is 1. The van der Waals surface area contributed by atoms with Crippen LogP contribution in [0.5, 0.6) is 11.5 Å². The molecule has 1 aliphatic heterocycles. The second-order valence-electron chi connectivity index (χ2n) is 9.69. The van der Waals surface area contributed by atoms with Crippen molar-refractivity contribution in [3.8, 4) is 11.5 Å². The molecule has 0 spiro atoms. The summed E-state index contributed by atoms with van der Waals surface area (Å²) in [6.45, 7) is 6.53. The third kappa shape index (κ3) is 6.14. The highest BCUT2D eigenvalue weighted by molar-refractivity contribution is 8.00. The summed E-state index contributed by atoms with van der Waals surface area (Å²) in [5.74, 6) is 2.26. The Kier molecular flexibility index (Phi) is 7.76. The molecule has 1 aliphatic rings. The number of benzene rings is 2. The minimum Gasteiger partial charge on any atom is -0.494 e. The van der Waals surface area contributed by atoms with Crippen LogP contribution in [-0.2, 0) is 0 Å². The van der Waals surface area contributed by atoms with Crippen LogP contribution in [0.3, 0.4) is 0 Å². The number of nitrogens with zero attached hydrogens (tertiary/aromatic N) is 2.